The van der Waals surface area contributed by atoms with Gasteiger partial charge in [-0.25, -0.2) is 4.98 Å². The second-order valence-corrected chi connectivity index (χ2v) is 8.75. The van der Waals surface area contributed by atoms with Crippen molar-refractivity contribution in [2.45, 2.75) is 44.2 Å². The summed E-state index contributed by atoms with van der Waals surface area (Å²) in [7, 11) is 0. The Labute approximate surface area is 200 Å². The summed E-state index contributed by atoms with van der Waals surface area (Å²) < 4.78 is 37.9. The van der Waals surface area contributed by atoms with Crippen LogP contribution in [0.5, 0.6) is 0 Å². The van der Waals surface area contributed by atoms with Gasteiger partial charge in [-0.3, -0.25) is 14.6 Å². The third kappa shape index (κ3) is 6.23. The molecule has 1 aliphatic carbocycles. The summed E-state index contributed by atoms with van der Waals surface area (Å²) in [5, 5.41) is 11.5. The molecular formula is C26H24F3N3O3. The van der Waals surface area contributed by atoms with Crippen molar-refractivity contribution >= 4 is 17.6 Å². The molecule has 0 radical (unpaired) electrons. The minimum absolute atomic E-state index is 0.152. The van der Waals surface area contributed by atoms with Gasteiger partial charge in [-0.05, 0) is 67.3 Å². The van der Waals surface area contributed by atoms with Crippen molar-refractivity contribution in [3.8, 4) is 11.3 Å². The highest BCUT2D eigenvalue weighted by Crippen LogP contribution is 2.37. The highest BCUT2D eigenvalue weighted by Gasteiger charge is 2.32. The number of rotatable bonds is 6. The first kappa shape index (κ1) is 24.4. The van der Waals surface area contributed by atoms with Gasteiger partial charge in [0.05, 0.1) is 23.1 Å². The number of alkyl halides is 3. The number of hydrogen-bond acceptors (Lipinski definition) is 4. The molecule has 1 aliphatic rings. The molecule has 3 aromatic rings. The van der Waals surface area contributed by atoms with Crippen LogP contribution in [0.3, 0.4) is 0 Å². The van der Waals surface area contributed by atoms with Gasteiger partial charge in [0.15, 0.2) is 0 Å². The third-order valence-electron chi connectivity index (χ3n) is 6.33. The Hall–Kier alpha value is -3.75. The summed E-state index contributed by atoms with van der Waals surface area (Å²) in [5.74, 6) is -0.545. The molecule has 182 valence electrons. The second-order valence-electron chi connectivity index (χ2n) is 8.75. The minimum Gasteiger partial charge on any atom is -0.481 e. The van der Waals surface area contributed by atoms with Gasteiger partial charge in [0.25, 0.3) is 5.91 Å². The van der Waals surface area contributed by atoms with Gasteiger partial charge >= 0.3 is 12.1 Å². The lowest BCUT2D eigenvalue weighted by atomic mass is 9.77. The zero-order chi connectivity index (χ0) is 25.0. The zero-order valence-corrected chi connectivity index (χ0v) is 18.8. The molecule has 0 unspecified atom stereocenters. The van der Waals surface area contributed by atoms with Gasteiger partial charge in [0.2, 0.25) is 0 Å². The van der Waals surface area contributed by atoms with Crippen LogP contribution in [0.25, 0.3) is 11.3 Å². The van der Waals surface area contributed by atoms with E-state index in [-0.39, 0.29) is 23.6 Å². The maximum atomic E-state index is 12.6. The molecule has 1 amide bonds. The van der Waals surface area contributed by atoms with E-state index >= 15 is 0 Å². The van der Waals surface area contributed by atoms with E-state index < -0.39 is 23.7 Å². The average Bonchev–Trinajstić information content (AvgIpc) is 2.84. The molecule has 0 saturated heterocycles. The van der Waals surface area contributed by atoms with Crippen LogP contribution in [0.2, 0.25) is 0 Å². The van der Waals surface area contributed by atoms with Crippen molar-refractivity contribution in [3.05, 3.63) is 77.7 Å². The van der Waals surface area contributed by atoms with E-state index in [2.05, 4.69) is 27.4 Å². The maximum absolute atomic E-state index is 12.6. The number of nitrogens with one attached hydrogen (secondary N) is 1. The first-order chi connectivity index (χ1) is 16.7. The summed E-state index contributed by atoms with van der Waals surface area (Å²) in [6.45, 7) is 0. The number of hydrogen-bond donors (Lipinski definition) is 2. The van der Waals surface area contributed by atoms with Crippen LogP contribution in [0.1, 0.15) is 59.6 Å². The first-order valence-electron chi connectivity index (χ1n) is 11.3. The number of carbonyl (C=O) groups excluding carboxylic acids is 1. The number of benzene rings is 1. The molecule has 1 fully saturated rings. The Balaban J connectivity index is 1.35. The number of halogens is 3. The van der Waals surface area contributed by atoms with Crippen LogP contribution in [-0.4, -0.2) is 27.0 Å². The van der Waals surface area contributed by atoms with Crippen molar-refractivity contribution in [3.63, 3.8) is 0 Å². The van der Waals surface area contributed by atoms with Crippen molar-refractivity contribution in [1.82, 2.24) is 9.97 Å². The molecule has 4 rings (SSSR count). The van der Waals surface area contributed by atoms with Crippen LogP contribution in [0.15, 0.2) is 60.9 Å². The number of pyridine rings is 2. The monoisotopic (exact) mass is 483 g/mol. The van der Waals surface area contributed by atoms with Crippen LogP contribution in [-0.2, 0) is 11.0 Å². The molecule has 1 aromatic carbocycles. The molecule has 35 heavy (non-hydrogen) atoms. The molecule has 6 nitrogen and oxygen atoms in total. The summed E-state index contributed by atoms with van der Waals surface area (Å²) in [6.07, 6.45) is 1.89. The van der Waals surface area contributed by atoms with Crippen molar-refractivity contribution in [2.75, 3.05) is 5.32 Å². The largest absolute Gasteiger partial charge is 0.481 e. The van der Waals surface area contributed by atoms with E-state index in [0.29, 0.717) is 11.6 Å². The van der Waals surface area contributed by atoms with Crippen LogP contribution < -0.4 is 5.32 Å². The average molecular weight is 483 g/mol. The molecule has 2 aromatic heterocycles. The van der Waals surface area contributed by atoms with Gasteiger partial charge in [-0.2, -0.15) is 13.2 Å². The van der Waals surface area contributed by atoms with Crippen LogP contribution in [0.4, 0.5) is 18.9 Å². The Bertz CT molecular complexity index is 1170. The lowest BCUT2D eigenvalue weighted by Gasteiger charge is -2.28. The lowest BCUT2D eigenvalue weighted by Crippen LogP contribution is -2.16. The molecular weight excluding hydrogens is 459 g/mol. The van der Waals surface area contributed by atoms with E-state index in [1.165, 1.54) is 11.8 Å². The van der Waals surface area contributed by atoms with E-state index in [0.717, 1.165) is 49.6 Å². The summed E-state index contributed by atoms with van der Waals surface area (Å²) in [4.78, 5) is 31.0. The highest BCUT2D eigenvalue weighted by molar-refractivity contribution is 6.04. The predicted octanol–water partition coefficient (Wildman–Crippen LogP) is 6.16. The number of carboxylic acid groups (broad SMARTS) is 1. The summed E-state index contributed by atoms with van der Waals surface area (Å²) in [5.41, 5.74) is 2.20. The summed E-state index contributed by atoms with van der Waals surface area (Å²) in [6, 6.07) is 13.4. The number of anilines is 1. The normalized spacial score (nSPS) is 18.1. The summed E-state index contributed by atoms with van der Waals surface area (Å²) >= 11 is 0. The van der Waals surface area contributed by atoms with E-state index in [1.807, 2.05) is 12.1 Å². The van der Waals surface area contributed by atoms with Crippen LogP contribution in [0, 0.1) is 5.92 Å². The Morgan fingerprint density at radius 3 is 2.17 bits per heavy atom. The van der Waals surface area contributed by atoms with E-state index in [9.17, 15) is 22.8 Å². The molecule has 2 heterocycles. The molecule has 0 aliphatic heterocycles. The van der Waals surface area contributed by atoms with E-state index in [1.54, 1.807) is 12.1 Å². The van der Waals surface area contributed by atoms with Gasteiger partial charge in [-0.15, -0.1) is 0 Å². The molecule has 2 N–H and O–H groups in total. The van der Waals surface area contributed by atoms with Gasteiger partial charge in [0.1, 0.15) is 5.69 Å². The number of carboxylic acids is 1. The Morgan fingerprint density at radius 1 is 0.914 bits per heavy atom. The second kappa shape index (κ2) is 10.2. The highest BCUT2D eigenvalue weighted by atomic mass is 19.4. The Morgan fingerprint density at radius 2 is 1.63 bits per heavy atom. The predicted molar refractivity (Wildman–Crippen MR) is 124 cm³/mol. The van der Waals surface area contributed by atoms with Crippen molar-refractivity contribution < 1.29 is 27.9 Å². The molecule has 0 atom stereocenters. The van der Waals surface area contributed by atoms with Gasteiger partial charge < -0.3 is 10.4 Å². The standard InChI is InChI=1S/C26H24F3N3O3/c27-26(28,29)23-12-10-21(15-31-23)32-25(35)20-9-11-22(30-14-20)19-7-5-18(6-8-19)17-3-1-16(2-4-17)13-24(33)34/h5-12,14-17H,1-4,13H2,(H,32,35)(H,33,34)/t16-,17-. The lowest BCUT2D eigenvalue weighted by molar-refractivity contribution is -0.141. The maximum Gasteiger partial charge on any atom is 0.433 e. The van der Waals surface area contributed by atoms with Crippen molar-refractivity contribution in [2.24, 2.45) is 5.92 Å². The van der Waals surface area contributed by atoms with Crippen molar-refractivity contribution in [1.29, 1.82) is 0 Å². The van der Waals surface area contributed by atoms with Gasteiger partial charge in [0, 0.05) is 18.2 Å². The zero-order valence-electron chi connectivity index (χ0n) is 18.8. The van der Waals surface area contributed by atoms with Gasteiger partial charge in [-0.1, -0.05) is 24.3 Å². The number of aliphatic carboxylic acids is 1. The van der Waals surface area contributed by atoms with Crippen LogP contribution >= 0.6 is 0 Å². The van der Waals surface area contributed by atoms with E-state index in [4.69, 9.17) is 5.11 Å². The number of aromatic nitrogens is 2. The fraction of sp³-hybridized carbons (Fsp3) is 0.308. The molecule has 9 heteroatoms. The topological polar surface area (TPSA) is 92.2 Å². The minimum atomic E-state index is -4.54. The fourth-order valence-electron chi connectivity index (χ4n) is 4.41. The SMILES string of the molecule is O=C(O)C[C@H]1CC[C@H](c2ccc(-c3ccc(C(=O)Nc4ccc(C(F)(F)F)nc4)cn3)cc2)CC1. The fourth-order valence-corrected chi connectivity index (χ4v) is 4.41. The number of nitrogens with zero attached hydrogens (tertiary/aromatic N) is 2. The Kier molecular flexibility index (Phi) is 7.14. The number of carbonyl (C=O) groups is 2. The molecule has 0 spiro atoms. The number of amides is 1. The first-order valence-corrected chi connectivity index (χ1v) is 11.3. The quantitative estimate of drug-likeness (QED) is 0.438. The molecule has 1 saturated carbocycles. The molecule has 0 bridgehead atoms. The smallest absolute Gasteiger partial charge is 0.433 e. The third-order valence-corrected chi connectivity index (χ3v) is 6.33.